The van der Waals surface area contributed by atoms with Crippen molar-refractivity contribution >= 4 is 6.09 Å². The number of hydrogen-bond acceptors (Lipinski definition) is 3. The van der Waals surface area contributed by atoms with Crippen molar-refractivity contribution in [2.75, 3.05) is 6.61 Å². The van der Waals surface area contributed by atoms with Gasteiger partial charge < -0.3 is 4.74 Å². The Hall–Kier alpha value is -1.03. The third kappa shape index (κ3) is 4.83. The van der Waals surface area contributed by atoms with Gasteiger partial charge in [0.1, 0.15) is 0 Å². The van der Waals surface area contributed by atoms with Gasteiger partial charge in [-0.1, -0.05) is 19.9 Å². The highest BCUT2D eigenvalue weighted by molar-refractivity contribution is 5.66. The predicted molar refractivity (Wildman–Crippen MR) is 61.4 cm³/mol. The quantitative estimate of drug-likeness (QED) is 0.505. The molecule has 1 amide bonds. The lowest BCUT2D eigenvalue weighted by Gasteiger charge is -2.31. The van der Waals surface area contributed by atoms with Gasteiger partial charge in [-0.05, 0) is 26.2 Å². The zero-order valence-electron chi connectivity index (χ0n) is 9.93. The molecule has 88 valence electrons. The molecule has 0 radical (unpaired) electrons. The molecule has 0 saturated heterocycles. The molecule has 0 aliphatic heterocycles. The van der Waals surface area contributed by atoms with Gasteiger partial charge in [-0.3, -0.25) is 5.43 Å². The van der Waals surface area contributed by atoms with Crippen molar-refractivity contribution in [1.29, 1.82) is 0 Å². The molecule has 0 aliphatic carbocycles. The molecule has 0 heterocycles. The van der Waals surface area contributed by atoms with E-state index in [0.717, 1.165) is 19.3 Å². The molecule has 0 saturated carbocycles. The van der Waals surface area contributed by atoms with Crippen LogP contribution in [0.25, 0.3) is 0 Å². The van der Waals surface area contributed by atoms with Crippen LogP contribution in [-0.4, -0.2) is 18.2 Å². The second kappa shape index (κ2) is 7.29. The molecule has 0 atom stereocenters. The Morgan fingerprint density at radius 1 is 1.40 bits per heavy atom. The summed E-state index contributed by atoms with van der Waals surface area (Å²) >= 11 is 0. The standard InChI is InChI=1S/C11H22N2O2/c1-5-9-11(6-2,7-3)13-12-10(14)15-8-4/h5,13H,1,6-9H2,2-4H3,(H,12,14). The van der Waals surface area contributed by atoms with Gasteiger partial charge in [0.05, 0.1) is 6.61 Å². The van der Waals surface area contributed by atoms with Crippen LogP contribution in [0.4, 0.5) is 4.79 Å². The van der Waals surface area contributed by atoms with Crippen molar-refractivity contribution in [3.05, 3.63) is 12.7 Å². The van der Waals surface area contributed by atoms with Gasteiger partial charge in [0.15, 0.2) is 0 Å². The monoisotopic (exact) mass is 214 g/mol. The highest BCUT2D eigenvalue weighted by atomic mass is 16.5. The topological polar surface area (TPSA) is 50.4 Å². The fourth-order valence-corrected chi connectivity index (χ4v) is 1.39. The number of carbonyl (C=O) groups excluding carboxylic acids is 1. The van der Waals surface area contributed by atoms with E-state index in [4.69, 9.17) is 4.74 Å². The van der Waals surface area contributed by atoms with E-state index >= 15 is 0 Å². The molecule has 2 N–H and O–H groups in total. The Kier molecular flexibility index (Phi) is 6.79. The van der Waals surface area contributed by atoms with E-state index in [1.807, 2.05) is 6.08 Å². The van der Waals surface area contributed by atoms with Crippen molar-refractivity contribution in [1.82, 2.24) is 10.9 Å². The van der Waals surface area contributed by atoms with Crippen LogP contribution < -0.4 is 10.9 Å². The number of hydrazine groups is 1. The maximum absolute atomic E-state index is 11.1. The molecule has 4 nitrogen and oxygen atoms in total. The normalized spacial score (nSPS) is 10.9. The fraction of sp³-hybridized carbons (Fsp3) is 0.727. The highest BCUT2D eigenvalue weighted by Crippen LogP contribution is 2.18. The summed E-state index contributed by atoms with van der Waals surface area (Å²) in [5.41, 5.74) is 5.46. The minimum Gasteiger partial charge on any atom is -0.449 e. The SMILES string of the molecule is C=CCC(CC)(CC)NNC(=O)OCC. The van der Waals surface area contributed by atoms with Gasteiger partial charge in [-0.25, -0.2) is 10.2 Å². The largest absolute Gasteiger partial charge is 0.449 e. The molecular weight excluding hydrogens is 192 g/mol. The summed E-state index contributed by atoms with van der Waals surface area (Å²) in [6, 6.07) is 0. The van der Waals surface area contributed by atoms with Gasteiger partial charge in [0, 0.05) is 5.54 Å². The maximum Gasteiger partial charge on any atom is 0.421 e. The number of carbonyl (C=O) groups is 1. The zero-order valence-corrected chi connectivity index (χ0v) is 9.93. The third-order valence-electron chi connectivity index (χ3n) is 2.59. The second-order valence-corrected chi connectivity index (χ2v) is 3.45. The minimum atomic E-state index is -0.437. The Bertz CT molecular complexity index is 201. The van der Waals surface area contributed by atoms with E-state index in [0.29, 0.717) is 6.61 Å². The summed E-state index contributed by atoms with van der Waals surface area (Å²) in [6.45, 7) is 10.0. The van der Waals surface area contributed by atoms with Crippen LogP contribution in [0.2, 0.25) is 0 Å². The van der Waals surface area contributed by atoms with E-state index in [2.05, 4.69) is 31.3 Å². The number of hydrogen-bond donors (Lipinski definition) is 2. The molecule has 0 aromatic carbocycles. The number of rotatable bonds is 7. The molecule has 0 rings (SSSR count). The van der Waals surface area contributed by atoms with Gasteiger partial charge >= 0.3 is 6.09 Å². The summed E-state index contributed by atoms with van der Waals surface area (Å²) in [5, 5.41) is 0. The van der Waals surface area contributed by atoms with E-state index in [1.165, 1.54) is 0 Å². The number of nitrogens with one attached hydrogen (secondary N) is 2. The van der Waals surface area contributed by atoms with Gasteiger partial charge in [0.25, 0.3) is 0 Å². The van der Waals surface area contributed by atoms with E-state index in [1.54, 1.807) is 6.92 Å². The number of ether oxygens (including phenoxy) is 1. The Labute approximate surface area is 92.0 Å². The molecule has 0 unspecified atom stereocenters. The smallest absolute Gasteiger partial charge is 0.421 e. The molecule has 0 aromatic rings. The average Bonchev–Trinajstić information content (AvgIpc) is 2.25. The van der Waals surface area contributed by atoms with E-state index in [9.17, 15) is 4.79 Å². The first-order chi connectivity index (χ1) is 7.14. The van der Waals surface area contributed by atoms with Crippen molar-refractivity contribution in [2.24, 2.45) is 0 Å². The van der Waals surface area contributed by atoms with Gasteiger partial charge in [0.2, 0.25) is 0 Å². The maximum atomic E-state index is 11.1. The lowest BCUT2D eigenvalue weighted by molar-refractivity contribution is 0.136. The Morgan fingerprint density at radius 3 is 2.40 bits per heavy atom. The molecule has 0 aromatic heterocycles. The fourth-order valence-electron chi connectivity index (χ4n) is 1.39. The van der Waals surface area contributed by atoms with Crippen LogP contribution >= 0.6 is 0 Å². The van der Waals surface area contributed by atoms with E-state index in [-0.39, 0.29) is 5.54 Å². The summed E-state index contributed by atoms with van der Waals surface area (Å²) in [4.78, 5) is 11.1. The van der Waals surface area contributed by atoms with Crippen LogP contribution in [0.5, 0.6) is 0 Å². The first kappa shape index (κ1) is 14.0. The van der Waals surface area contributed by atoms with Crippen LogP contribution in [0.15, 0.2) is 12.7 Å². The lowest BCUT2D eigenvalue weighted by atomic mass is 9.90. The van der Waals surface area contributed by atoms with Crippen molar-refractivity contribution in [3.8, 4) is 0 Å². The summed E-state index contributed by atoms with van der Waals surface area (Å²) in [6.07, 6.45) is 4.07. The van der Waals surface area contributed by atoms with Crippen LogP contribution in [0.3, 0.4) is 0 Å². The molecule has 0 fully saturated rings. The van der Waals surface area contributed by atoms with Crippen molar-refractivity contribution in [3.63, 3.8) is 0 Å². The average molecular weight is 214 g/mol. The van der Waals surface area contributed by atoms with Crippen molar-refractivity contribution in [2.45, 2.75) is 45.6 Å². The minimum absolute atomic E-state index is 0.117. The lowest BCUT2D eigenvalue weighted by Crippen LogP contribution is -2.53. The molecule has 4 heteroatoms. The summed E-state index contributed by atoms with van der Waals surface area (Å²) < 4.78 is 4.77. The first-order valence-corrected chi connectivity index (χ1v) is 5.45. The van der Waals surface area contributed by atoms with Crippen LogP contribution in [0.1, 0.15) is 40.0 Å². The first-order valence-electron chi connectivity index (χ1n) is 5.45. The zero-order chi connectivity index (χ0) is 11.7. The highest BCUT2D eigenvalue weighted by Gasteiger charge is 2.24. The number of amides is 1. The molecule has 0 aliphatic rings. The van der Waals surface area contributed by atoms with Crippen LogP contribution in [0, 0.1) is 0 Å². The van der Waals surface area contributed by atoms with Crippen LogP contribution in [-0.2, 0) is 4.74 Å². The predicted octanol–water partition coefficient (Wildman–Crippen LogP) is 2.37. The van der Waals surface area contributed by atoms with E-state index < -0.39 is 6.09 Å². The summed E-state index contributed by atoms with van der Waals surface area (Å²) in [7, 11) is 0. The third-order valence-corrected chi connectivity index (χ3v) is 2.59. The summed E-state index contributed by atoms with van der Waals surface area (Å²) in [5.74, 6) is 0. The van der Waals surface area contributed by atoms with Crippen molar-refractivity contribution < 1.29 is 9.53 Å². The molecule has 0 spiro atoms. The Balaban J connectivity index is 4.16. The second-order valence-electron chi connectivity index (χ2n) is 3.45. The molecular formula is C11H22N2O2. The molecule has 0 bridgehead atoms. The Morgan fingerprint density at radius 2 is 2.00 bits per heavy atom. The molecule has 15 heavy (non-hydrogen) atoms. The van der Waals surface area contributed by atoms with Gasteiger partial charge in [-0.15, -0.1) is 6.58 Å². The van der Waals surface area contributed by atoms with Gasteiger partial charge in [-0.2, -0.15) is 0 Å².